The van der Waals surface area contributed by atoms with Gasteiger partial charge in [0.05, 0.1) is 0 Å². The molecule has 0 aromatic heterocycles. The lowest BCUT2D eigenvalue weighted by atomic mass is 10.0. The maximum absolute atomic E-state index is 11.2. The van der Waals surface area contributed by atoms with Crippen LogP contribution in [0.2, 0.25) is 0 Å². The molecule has 0 aromatic rings. The predicted octanol–water partition coefficient (Wildman–Crippen LogP) is 8.51. The zero-order valence-electron chi connectivity index (χ0n) is 18.5. The Morgan fingerprint density at radius 3 is 1.48 bits per heavy atom. The van der Waals surface area contributed by atoms with Gasteiger partial charge >= 0.3 is 5.97 Å². The molecule has 1 unspecified atom stereocenters. The maximum atomic E-state index is 11.2. The van der Waals surface area contributed by atoms with Crippen molar-refractivity contribution in [3.8, 4) is 0 Å². The monoisotopic (exact) mass is 380 g/mol. The van der Waals surface area contributed by atoms with E-state index >= 15 is 0 Å². The highest BCUT2D eigenvalue weighted by Gasteiger charge is 2.19. The van der Waals surface area contributed by atoms with Gasteiger partial charge in [0.25, 0.3) is 0 Å². The summed E-state index contributed by atoms with van der Waals surface area (Å²) < 4.78 is 5.38. The molecule has 1 aliphatic heterocycles. The molecule has 0 saturated carbocycles. The lowest BCUT2D eigenvalue weighted by Gasteiger charge is -2.21. The zero-order chi connectivity index (χ0) is 19.4. The molecule has 0 amide bonds. The van der Waals surface area contributed by atoms with Gasteiger partial charge in [0.2, 0.25) is 0 Å². The van der Waals surface area contributed by atoms with E-state index in [2.05, 4.69) is 6.92 Å². The van der Waals surface area contributed by atoms with Crippen molar-refractivity contribution >= 4 is 5.97 Å². The van der Waals surface area contributed by atoms with Crippen molar-refractivity contribution in [3.05, 3.63) is 0 Å². The standard InChI is InChI=1S/C25H48O2/c1-2-3-4-5-6-7-8-9-10-11-12-13-14-15-16-17-18-19-21-24-22-20-23-25(26)27-24/h24H,2-23H2,1H3. The average Bonchev–Trinajstić information content (AvgIpc) is 2.67. The minimum Gasteiger partial charge on any atom is -0.462 e. The molecule has 27 heavy (non-hydrogen) atoms. The third-order valence-corrected chi connectivity index (χ3v) is 6.08. The minimum absolute atomic E-state index is 0.0219. The number of carbonyl (C=O) groups excluding carboxylic acids is 1. The zero-order valence-corrected chi connectivity index (χ0v) is 18.5. The van der Waals surface area contributed by atoms with Crippen LogP contribution in [0.25, 0.3) is 0 Å². The number of unbranched alkanes of at least 4 members (excludes halogenated alkanes) is 17. The Balaban J connectivity index is 1.68. The van der Waals surface area contributed by atoms with E-state index in [1.807, 2.05) is 0 Å². The summed E-state index contributed by atoms with van der Waals surface area (Å²) in [7, 11) is 0. The van der Waals surface area contributed by atoms with Crippen LogP contribution < -0.4 is 0 Å². The smallest absolute Gasteiger partial charge is 0.306 e. The van der Waals surface area contributed by atoms with E-state index in [-0.39, 0.29) is 12.1 Å². The Hall–Kier alpha value is -0.530. The molecule has 0 N–H and O–H groups in total. The molecule has 2 heteroatoms. The summed E-state index contributed by atoms with van der Waals surface area (Å²) >= 11 is 0. The van der Waals surface area contributed by atoms with Gasteiger partial charge in [0.15, 0.2) is 0 Å². The number of ether oxygens (including phenoxy) is 1. The van der Waals surface area contributed by atoms with Crippen LogP contribution in [0.5, 0.6) is 0 Å². The van der Waals surface area contributed by atoms with Gasteiger partial charge in [0.1, 0.15) is 6.10 Å². The molecule has 0 spiro atoms. The highest BCUT2D eigenvalue weighted by atomic mass is 16.5. The van der Waals surface area contributed by atoms with Crippen LogP contribution >= 0.6 is 0 Å². The number of hydrogen-bond acceptors (Lipinski definition) is 2. The Kier molecular flexibility index (Phi) is 17.1. The molecular formula is C25H48O2. The van der Waals surface area contributed by atoms with E-state index in [0.29, 0.717) is 6.42 Å². The topological polar surface area (TPSA) is 26.3 Å². The predicted molar refractivity (Wildman–Crippen MR) is 117 cm³/mol. The van der Waals surface area contributed by atoms with Gasteiger partial charge < -0.3 is 4.74 Å². The van der Waals surface area contributed by atoms with Gasteiger partial charge in [-0.15, -0.1) is 0 Å². The second-order valence-electron chi connectivity index (χ2n) is 8.80. The second kappa shape index (κ2) is 18.8. The molecule has 160 valence electrons. The fraction of sp³-hybridized carbons (Fsp3) is 0.960. The summed E-state index contributed by atoms with van der Waals surface area (Å²) in [6.45, 7) is 2.29. The van der Waals surface area contributed by atoms with Crippen LogP contribution in [-0.2, 0) is 9.53 Å². The molecule has 1 saturated heterocycles. The van der Waals surface area contributed by atoms with Crippen LogP contribution in [0.4, 0.5) is 0 Å². The van der Waals surface area contributed by atoms with Gasteiger partial charge in [-0.2, -0.15) is 0 Å². The van der Waals surface area contributed by atoms with Gasteiger partial charge in [0, 0.05) is 6.42 Å². The first-order valence-electron chi connectivity index (χ1n) is 12.5. The van der Waals surface area contributed by atoms with Crippen LogP contribution in [-0.4, -0.2) is 12.1 Å². The fourth-order valence-electron chi connectivity index (χ4n) is 4.25. The summed E-state index contributed by atoms with van der Waals surface area (Å²) in [4.78, 5) is 11.2. The van der Waals surface area contributed by atoms with Gasteiger partial charge in [-0.1, -0.05) is 116 Å². The SMILES string of the molecule is CCCCCCCCCCCCCCCCCCCCC1CCCC(=O)O1. The highest BCUT2D eigenvalue weighted by Crippen LogP contribution is 2.20. The number of hydrogen-bond donors (Lipinski definition) is 0. The van der Waals surface area contributed by atoms with E-state index < -0.39 is 0 Å². The van der Waals surface area contributed by atoms with Crippen molar-refractivity contribution in [3.63, 3.8) is 0 Å². The maximum Gasteiger partial charge on any atom is 0.306 e. The Bertz CT molecular complexity index is 326. The first-order chi connectivity index (χ1) is 13.3. The lowest BCUT2D eigenvalue weighted by molar-refractivity contribution is -0.154. The summed E-state index contributed by atoms with van der Waals surface area (Å²) in [6, 6.07) is 0. The van der Waals surface area contributed by atoms with Crippen LogP contribution in [0.3, 0.4) is 0 Å². The van der Waals surface area contributed by atoms with Crippen LogP contribution in [0.1, 0.15) is 148 Å². The van der Waals surface area contributed by atoms with Crippen molar-refractivity contribution < 1.29 is 9.53 Å². The number of esters is 1. The number of rotatable bonds is 19. The minimum atomic E-state index is 0.0219. The average molecular weight is 381 g/mol. The normalized spacial score (nSPS) is 17.2. The second-order valence-corrected chi connectivity index (χ2v) is 8.80. The molecule has 2 nitrogen and oxygen atoms in total. The quantitative estimate of drug-likeness (QED) is 0.166. The van der Waals surface area contributed by atoms with E-state index in [9.17, 15) is 4.79 Å². The molecular weight excluding hydrogens is 332 g/mol. The third-order valence-electron chi connectivity index (χ3n) is 6.08. The molecule has 0 aliphatic carbocycles. The Labute approximate surface area is 170 Å². The Morgan fingerprint density at radius 1 is 0.667 bits per heavy atom. The van der Waals surface area contributed by atoms with E-state index in [4.69, 9.17) is 4.74 Å². The highest BCUT2D eigenvalue weighted by molar-refractivity contribution is 5.70. The molecule has 1 fully saturated rings. The van der Waals surface area contributed by atoms with Crippen molar-refractivity contribution in [1.29, 1.82) is 0 Å². The first kappa shape index (κ1) is 24.5. The number of cyclic esters (lactones) is 1. The molecule has 1 atom stereocenters. The Morgan fingerprint density at radius 2 is 1.07 bits per heavy atom. The largest absolute Gasteiger partial charge is 0.462 e. The fourth-order valence-corrected chi connectivity index (χ4v) is 4.25. The van der Waals surface area contributed by atoms with Crippen molar-refractivity contribution in [2.24, 2.45) is 0 Å². The summed E-state index contributed by atoms with van der Waals surface area (Å²) in [5, 5.41) is 0. The molecule has 0 radical (unpaired) electrons. The molecule has 0 bridgehead atoms. The van der Waals surface area contributed by atoms with E-state index in [1.165, 1.54) is 116 Å². The first-order valence-corrected chi connectivity index (χ1v) is 12.5. The van der Waals surface area contributed by atoms with E-state index in [1.54, 1.807) is 0 Å². The lowest BCUT2D eigenvalue weighted by Crippen LogP contribution is -2.23. The van der Waals surface area contributed by atoms with Crippen LogP contribution in [0, 0.1) is 0 Å². The molecule has 1 heterocycles. The van der Waals surface area contributed by atoms with Crippen molar-refractivity contribution in [2.45, 2.75) is 154 Å². The van der Waals surface area contributed by atoms with Crippen molar-refractivity contribution in [2.75, 3.05) is 0 Å². The summed E-state index contributed by atoms with van der Waals surface area (Å²) in [5.41, 5.74) is 0. The molecule has 1 aliphatic rings. The van der Waals surface area contributed by atoms with Gasteiger partial charge in [-0.3, -0.25) is 4.79 Å². The molecule has 0 aromatic carbocycles. The van der Waals surface area contributed by atoms with E-state index in [0.717, 1.165) is 19.3 Å². The number of carbonyl (C=O) groups is 1. The third kappa shape index (κ3) is 16.2. The summed E-state index contributed by atoms with van der Waals surface area (Å²) in [6.07, 6.45) is 29.6. The van der Waals surface area contributed by atoms with Crippen molar-refractivity contribution in [1.82, 2.24) is 0 Å². The molecule has 1 rings (SSSR count). The van der Waals surface area contributed by atoms with Crippen LogP contribution in [0.15, 0.2) is 0 Å². The summed E-state index contributed by atoms with van der Waals surface area (Å²) in [5.74, 6) is 0.0219. The van der Waals surface area contributed by atoms with Gasteiger partial charge in [-0.25, -0.2) is 0 Å². The van der Waals surface area contributed by atoms with Gasteiger partial charge in [-0.05, 0) is 25.7 Å².